The summed E-state index contributed by atoms with van der Waals surface area (Å²) >= 11 is 1.08. The Kier molecular flexibility index (Phi) is 4.18. The molecule has 1 amide bonds. The van der Waals surface area contributed by atoms with E-state index in [0.717, 1.165) is 16.2 Å². The summed E-state index contributed by atoms with van der Waals surface area (Å²) < 4.78 is 0. The van der Waals surface area contributed by atoms with E-state index >= 15 is 0 Å². The van der Waals surface area contributed by atoms with Crippen molar-refractivity contribution in [1.29, 1.82) is 10.5 Å². The smallest absolute Gasteiger partial charge is 0.286 e. The van der Waals surface area contributed by atoms with Crippen LogP contribution in [0.1, 0.15) is 9.80 Å². The second-order valence-corrected chi connectivity index (χ2v) is 3.62. The predicted molar refractivity (Wildman–Crippen MR) is 56.6 cm³/mol. The highest BCUT2D eigenvalue weighted by Crippen LogP contribution is 2.15. The van der Waals surface area contributed by atoms with E-state index in [9.17, 15) is 4.79 Å². The van der Waals surface area contributed by atoms with E-state index in [1.165, 1.54) is 0 Å². The zero-order chi connectivity index (χ0) is 12.0. The molecule has 0 saturated heterocycles. The molecule has 7 nitrogen and oxygen atoms in total. The van der Waals surface area contributed by atoms with Gasteiger partial charge >= 0.3 is 0 Å². The number of hydrogen-bond acceptors (Lipinski definition) is 7. The van der Waals surface area contributed by atoms with E-state index in [0.29, 0.717) is 5.13 Å². The summed E-state index contributed by atoms with van der Waals surface area (Å²) in [5.74, 6) is -0.456. The van der Waals surface area contributed by atoms with Gasteiger partial charge in [0.15, 0.2) is 0 Å². The molecule has 1 aromatic rings. The molecule has 1 N–H and O–H groups in total. The van der Waals surface area contributed by atoms with Crippen molar-refractivity contribution in [3.63, 3.8) is 0 Å². The lowest BCUT2D eigenvalue weighted by Gasteiger charge is -2.12. The van der Waals surface area contributed by atoms with Crippen LogP contribution in [0.25, 0.3) is 0 Å². The maximum atomic E-state index is 11.8. The van der Waals surface area contributed by atoms with Gasteiger partial charge in [-0.2, -0.15) is 10.5 Å². The van der Waals surface area contributed by atoms with Crippen molar-refractivity contribution < 1.29 is 4.79 Å². The summed E-state index contributed by atoms with van der Waals surface area (Å²) in [5.41, 5.74) is 0. The van der Waals surface area contributed by atoms with Gasteiger partial charge < -0.3 is 10.2 Å². The Hall–Kier alpha value is -2.19. The van der Waals surface area contributed by atoms with Crippen LogP contribution in [0.3, 0.4) is 0 Å². The van der Waals surface area contributed by atoms with Crippen molar-refractivity contribution in [3.8, 4) is 12.1 Å². The minimum Gasteiger partial charge on any atom is -0.363 e. The van der Waals surface area contributed by atoms with Gasteiger partial charge in [-0.15, -0.1) is 10.2 Å². The third-order valence-electron chi connectivity index (χ3n) is 1.63. The van der Waals surface area contributed by atoms with Gasteiger partial charge in [0.25, 0.3) is 5.91 Å². The van der Waals surface area contributed by atoms with Crippen LogP contribution in [-0.4, -0.2) is 41.1 Å². The number of amides is 1. The number of hydrogen-bond donors (Lipinski definition) is 1. The molecule has 0 unspecified atom stereocenters. The van der Waals surface area contributed by atoms with Crippen molar-refractivity contribution in [2.45, 2.75) is 0 Å². The highest BCUT2D eigenvalue weighted by Gasteiger charge is 2.19. The minimum absolute atomic E-state index is 0.138. The summed E-state index contributed by atoms with van der Waals surface area (Å²) in [5, 5.41) is 27.8. The van der Waals surface area contributed by atoms with E-state index in [2.05, 4.69) is 15.5 Å². The molecule has 0 fully saturated rings. The first-order chi connectivity index (χ1) is 7.72. The largest absolute Gasteiger partial charge is 0.363 e. The first-order valence-electron chi connectivity index (χ1n) is 4.27. The zero-order valence-corrected chi connectivity index (χ0v) is 9.28. The summed E-state index contributed by atoms with van der Waals surface area (Å²) in [4.78, 5) is 12.9. The third-order valence-corrected chi connectivity index (χ3v) is 2.56. The van der Waals surface area contributed by atoms with Gasteiger partial charge in [0, 0.05) is 7.05 Å². The zero-order valence-electron chi connectivity index (χ0n) is 8.47. The van der Waals surface area contributed by atoms with Crippen LogP contribution < -0.4 is 5.32 Å². The number of rotatable bonds is 4. The molecule has 0 saturated carbocycles. The SMILES string of the molecule is CNc1nnc(C(=O)N(CC#N)CC#N)s1. The first-order valence-corrected chi connectivity index (χ1v) is 5.09. The number of carbonyl (C=O) groups is 1. The lowest BCUT2D eigenvalue weighted by molar-refractivity contribution is 0.0793. The molecular formula is C8H8N6OS. The van der Waals surface area contributed by atoms with E-state index in [-0.39, 0.29) is 18.1 Å². The molecule has 16 heavy (non-hydrogen) atoms. The molecule has 8 heteroatoms. The average Bonchev–Trinajstić information content (AvgIpc) is 2.76. The van der Waals surface area contributed by atoms with Gasteiger partial charge in [0.05, 0.1) is 12.1 Å². The van der Waals surface area contributed by atoms with Gasteiger partial charge in [0.2, 0.25) is 10.1 Å². The Morgan fingerprint density at radius 2 is 2.06 bits per heavy atom. The van der Waals surface area contributed by atoms with Crippen LogP contribution in [0.4, 0.5) is 5.13 Å². The standard InChI is InChI=1S/C8H8N6OS/c1-11-8-13-12-6(16-8)7(15)14(4-2-9)5-3-10/h4-5H2,1H3,(H,11,13). The van der Waals surface area contributed by atoms with Crippen molar-refractivity contribution >= 4 is 22.4 Å². The lowest BCUT2D eigenvalue weighted by Crippen LogP contribution is -2.31. The van der Waals surface area contributed by atoms with Crippen molar-refractivity contribution in [3.05, 3.63) is 5.01 Å². The fourth-order valence-electron chi connectivity index (χ4n) is 0.916. The summed E-state index contributed by atoms with van der Waals surface area (Å²) in [7, 11) is 1.66. The molecule has 1 rings (SSSR count). The molecule has 0 aliphatic rings. The van der Waals surface area contributed by atoms with Gasteiger partial charge in [-0.1, -0.05) is 11.3 Å². The molecule has 1 aromatic heterocycles. The Morgan fingerprint density at radius 1 is 1.44 bits per heavy atom. The van der Waals surface area contributed by atoms with Crippen LogP contribution >= 0.6 is 11.3 Å². The van der Waals surface area contributed by atoms with Crippen molar-refractivity contribution in [1.82, 2.24) is 15.1 Å². The molecule has 0 radical (unpaired) electrons. The van der Waals surface area contributed by atoms with Crippen LogP contribution in [0.2, 0.25) is 0 Å². The normalized spacial score (nSPS) is 8.94. The van der Waals surface area contributed by atoms with Crippen LogP contribution in [0.5, 0.6) is 0 Å². The van der Waals surface area contributed by atoms with Gasteiger partial charge in [-0.05, 0) is 0 Å². The number of aromatic nitrogens is 2. The molecule has 0 aromatic carbocycles. The minimum atomic E-state index is -0.456. The highest BCUT2D eigenvalue weighted by atomic mass is 32.1. The van der Waals surface area contributed by atoms with E-state index in [1.807, 2.05) is 12.1 Å². The second kappa shape index (κ2) is 5.63. The second-order valence-electron chi connectivity index (χ2n) is 2.64. The van der Waals surface area contributed by atoms with E-state index in [4.69, 9.17) is 10.5 Å². The monoisotopic (exact) mass is 236 g/mol. The predicted octanol–water partition coefficient (Wildman–Crippen LogP) is 0.0692. The molecule has 0 aliphatic heterocycles. The average molecular weight is 236 g/mol. The molecule has 0 aliphatic carbocycles. The van der Waals surface area contributed by atoms with Crippen LogP contribution in [0.15, 0.2) is 0 Å². The number of nitriles is 2. The van der Waals surface area contributed by atoms with E-state index < -0.39 is 5.91 Å². The van der Waals surface area contributed by atoms with Crippen molar-refractivity contribution in [2.24, 2.45) is 0 Å². The lowest BCUT2D eigenvalue weighted by atomic mass is 10.4. The third kappa shape index (κ3) is 2.65. The fourth-order valence-corrected chi connectivity index (χ4v) is 1.58. The summed E-state index contributed by atoms with van der Waals surface area (Å²) in [6.45, 7) is -0.276. The Balaban J connectivity index is 2.82. The van der Waals surface area contributed by atoms with Crippen LogP contribution in [-0.2, 0) is 0 Å². The van der Waals surface area contributed by atoms with Gasteiger partial charge in [-0.3, -0.25) is 4.79 Å². The fraction of sp³-hybridized carbons (Fsp3) is 0.375. The summed E-state index contributed by atoms with van der Waals surface area (Å²) in [6, 6.07) is 3.64. The Labute approximate surface area is 95.9 Å². The van der Waals surface area contributed by atoms with Crippen molar-refractivity contribution in [2.75, 3.05) is 25.5 Å². The molecular weight excluding hydrogens is 228 g/mol. The number of nitrogens with one attached hydrogen (secondary N) is 1. The van der Waals surface area contributed by atoms with Gasteiger partial charge in [-0.25, -0.2) is 0 Å². The number of carbonyl (C=O) groups excluding carboxylic acids is 1. The summed E-state index contributed by atoms with van der Waals surface area (Å²) in [6.07, 6.45) is 0. The van der Waals surface area contributed by atoms with E-state index in [1.54, 1.807) is 7.05 Å². The number of nitrogens with zero attached hydrogens (tertiary/aromatic N) is 5. The molecule has 0 atom stereocenters. The number of anilines is 1. The van der Waals surface area contributed by atoms with Gasteiger partial charge in [0.1, 0.15) is 13.1 Å². The Bertz CT molecular complexity index is 440. The molecule has 1 heterocycles. The molecule has 0 spiro atoms. The highest BCUT2D eigenvalue weighted by molar-refractivity contribution is 7.17. The topological polar surface area (TPSA) is 106 Å². The molecule has 82 valence electrons. The molecule has 0 bridgehead atoms. The maximum Gasteiger partial charge on any atom is 0.286 e. The quantitative estimate of drug-likeness (QED) is 0.741. The first kappa shape index (κ1) is 11.9. The maximum absolute atomic E-state index is 11.8. The Morgan fingerprint density at radius 3 is 2.50 bits per heavy atom. The van der Waals surface area contributed by atoms with Crippen LogP contribution in [0, 0.1) is 22.7 Å².